The maximum Gasteiger partial charge on any atom is 0.348 e. The van der Waals surface area contributed by atoms with Gasteiger partial charge in [-0.05, 0) is 35.2 Å². The number of fused-ring (bicyclic) bond motifs is 3. The maximum absolute atomic E-state index is 13.7. The van der Waals surface area contributed by atoms with Crippen LogP contribution < -0.4 is 0 Å². The van der Waals surface area contributed by atoms with Gasteiger partial charge >= 0.3 is 5.97 Å². The number of ether oxygens (including phenoxy) is 1. The Balaban J connectivity index is 1.30. The van der Waals surface area contributed by atoms with E-state index in [1.165, 1.54) is 5.56 Å². The van der Waals surface area contributed by atoms with Crippen molar-refractivity contribution in [3.05, 3.63) is 106 Å². The molecule has 0 radical (unpaired) electrons. The molecule has 0 spiro atoms. The van der Waals surface area contributed by atoms with Crippen LogP contribution in [0, 0.1) is 5.92 Å². The van der Waals surface area contributed by atoms with E-state index < -0.39 is 11.6 Å². The van der Waals surface area contributed by atoms with Gasteiger partial charge < -0.3 is 14.3 Å². The number of rotatable bonds is 8. The Kier molecular flexibility index (Phi) is 7.10. The summed E-state index contributed by atoms with van der Waals surface area (Å²) in [6.07, 6.45) is 4.15. The van der Waals surface area contributed by atoms with Crippen molar-refractivity contribution in [2.75, 3.05) is 26.2 Å². The first-order valence-electron chi connectivity index (χ1n) is 12.6. The molecule has 35 heavy (non-hydrogen) atoms. The number of aryl methyl sites for hydroxylation is 1. The minimum Gasteiger partial charge on any atom is -0.453 e. The molecule has 3 aromatic rings. The van der Waals surface area contributed by atoms with Gasteiger partial charge in [0.2, 0.25) is 5.60 Å². The Morgan fingerprint density at radius 1 is 0.943 bits per heavy atom. The van der Waals surface area contributed by atoms with Crippen molar-refractivity contribution in [1.82, 2.24) is 0 Å². The molecule has 0 amide bonds. The summed E-state index contributed by atoms with van der Waals surface area (Å²) >= 11 is 3.57. The predicted molar refractivity (Wildman–Crippen MR) is 141 cm³/mol. The Bertz CT molecular complexity index is 1100. The quantitative estimate of drug-likeness (QED) is 0.308. The molecule has 5 heteroatoms. The fourth-order valence-corrected chi connectivity index (χ4v) is 6.41. The average Bonchev–Trinajstić information content (AvgIpc) is 2.90. The molecule has 1 N–H and O–H groups in total. The topological polar surface area (TPSA) is 46.5 Å². The van der Waals surface area contributed by atoms with E-state index >= 15 is 0 Å². The highest BCUT2D eigenvalue weighted by Crippen LogP contribution is 2.38. The third-order valence-corrected chi connectivity index (χ3v) is 8.46. The van der Waals surface area contributed by atoms with Crippen LogP contribution in [-0.2, 0) is 21.6 Å². The van der Waals surface area contributed by atoms with Crippen LogP contribution in [0.5, 0.6) is 0 Å². The number of carbonyl (C=O) groups is 1. The van der Waals surface area contributed by atoms with Gasteiger partial charge in [0.1, 0.15) is 6.54 Å². The zero-order valence-electron chi connectivity index (χ0n) is 20.0. The number of hydrogen-bond acceptors (Lipinski definition) is 3. The lowest BCUT2D eigenvalue weighted by Gasteiger charge is -2.52. The van der Waals surface area contributed by atoms with Crippen LogP contribution in [0.1, 0.15) is 36.0 Å². The lowest BCUT2D eigenvalue weighted by atomic mass is 9.82. The SMILES string of the molecule is O=C(OC1C[N+]2(CCCc3cccc(Br)c3)CCC1CC2)C(O)(c1ccccc1)c1ccccc1. The summed E-state index contributed by atoms with van der Waals surface area (Å²) in [4.78, 5) is 13.7. The molecule has 6 rings (SSSR count). The van der Waals surface area contributed by atoms with Gasteiger partial charge in [0, 0.05) is 29.7 Å². The molecule has 3 heterocycles. The summed E-state index contributed by atoms with van der Waals surface area (Å²) in [5.74, 6) is -0.194. The highest BCUT2D eigenvalue weighted by molar-refractivity contribution is 9.10. The number of esters is 1. The maximum atomic E-state index is 13.7. The van der Waals surface area contributed by atoms with Gasteiger partial charge in [0.15, 0.2) is 6.10 Å². The number of hydrogen-bond donors (Lipinski definition) is 1. The van der Waals surface area contributed by atoms with E-state index in [2.05, 4.69) is 40.2 Å². The standard InChI is InChI=1S/C30H33BrNO3/c31-27-15-7-9-23(21-27)10-8-18-32-19-16-24(17-20-32)28(22-32)35-29(33)30(34,25-11-3-1-4-12-25)26-13-5-2-6-14-26/h1-7,9,11-15,21,24,28,34H,8,10,16-20,22H2/q+1. The number of quaternary nitrogens is 1. The number of halogens is 1. The van der Waals surface area contributed by atoms with Crippen LogP contribution in [0.2, 0.25) is 0 Å². The van der Waals surface area contributed by atoms with Gasteiger partial charge in [-0.3, -0.25) is 0 Å². The van der Waals surface area contributed by atoms with Crippen LogP contribution in [0.3, 0.4) is 0 Å². The molecule has 1 unspecified atom stereocenters. The monoisotopic (exact) mass is 534 g/mol. The molecule has 2 bridgehead atoms. The predicted octanol–water partition coefficient (Wildman–Crippen LogP) is 5.47. The van der Waals surface area contributed by atoms with E-state index in [4.69, 9.17) is 4.74 Å². The van der Waals surface area contributed by atoms with E-state index in [0.717, 1.165) is 60.8 Å². The van der Waals surface area contributed by atoms with Crippen molar-refractivity contribution >= 4 is 21.9 Å². The molecule has 0 aromatic heterocycles. The smallest absolute Gasteiger partial charge is 0.348 e. The minimum absolute atomic E-state index is 0.158. The van der Waals surface area contributed by atoms with Crippen molar-refractivity contribution < 1.29 is 19.1 Å². The lowest BCUT2D eigenvalue weighted by molar-refractivity contribution is -0.946. The Morgan fingerprint density at radius 3 is 2.17 bits per heavy atom. The van der Waals surface area contributed by atoms with Crippen LogP contribution >= 0.6 is 15.9 Å². The van der Waals surface area contributed by atoms with Crippen LogP contribution in [0.4, 0.5) is 0 Å². The Labute approximate surface area is 216 Å². The summed E-state index contributed by atoms with van der Waals surface area (Å²) in [5, 5.41) is 11.8. The fraction of sp³-hybridized carbons (Fsp3) is 0.367. The summed E-state index contributed by atoms with van der Waals surface area (Å²) in [6, 6.07) is 26.8. The summed E-state index contributed by atoms with van der Waals surface area (Å²) in [6.45, 7) is 4.24. The van der Waals surface area contributed by atoms with Crippen LogP contribution in [0.15, 0.2) is 89.4 Å². The minimum atomic E-state index is -1.82. The molecule has 4 nitrogen and oxygen atoms in total. The zero-order chi connectivity index (χ0) is 24.3. The lowest BCUT2D eigenvalue weighted by Crippen LogP contribution is -2.65. The molecule has 3 aromatic carbocycles. The van der Waals surface area contributed by atoms with Crippen LogP contribution in [0.25, 0.3) is 0 Å². The van der Waals surface area contributed by atoms with E-state index in [0.29, 0.717) is 17.0 Å². The first kappa shape index (κ1) is 24.2. The molecule has 3 aliphatic rings. The van der Waals surface area contributed by atoms with Gasteiger partial charge in [-0.15, -0.1) is 0 Å². The van der Waals surface area contributed by atoms with E-state index in [1.54, 1.807) is 24.3 Å². The fourth-order valence-electron chi connectivity index (χ4n) is 5.96. The molecule has 3 fully saturated rings. The second-order valence-electron chi connectivity index (χ2n) is 10.2. The number of nitrogens with zero attached hydrogens (tertiary/aromatic N) is 1. The van der Waals surface area contributed by atoms with Crippen molar-refractivity contribution in [2.24, 2.45) is 5.92 Å². The molecular weight excluding hydrogens is 502 g/mol. The van der Waals surface area contributed by atoms with Gasteiger partial charge in [0.25, 0.3) is 0 Å². The molecule has 1 atom stereocenters. The van der Waals surface area contributed by atoms with Crippen LogP contribution in [-0.4, -0.2) is 47.8 Å². The highest BCUT2D eigenvalue weighted by Gasteiger charge is 2.50. The Morgan fingerprint density at radius 2 is 1.57 bits per heavy atom. The molecule has 0 saturated carbocycles. The van der Waals surface area contributed by atoms with E-state index in [-0.39, 0.29) is 6.10 Å². The van der Waals surface area contributed by atoms with Gasteiger partial charge in [0.05, 0.1) is 19.6 Å². The van der Waals surface area contributed by atoms with E-state index in [9.17, 15) is 9.90 Å². The molecule has 3 aliphatic heterocycles. The van der Waals surface area contributed by atoms with Crippen molar-refractivity contribution in [1.29, 1.82) is 0 Å². The number of aliphatic hydroxyl groups is 1. The Hall–Kier alpha value is -2.47. The second-order valence-corrected chi connectivity index (χ2v) is 11.1. The first-order chi connectivity index (χ1) is 17.0. The molecule has 0 aliphatic carbocycles. The second kappa shape index (κ2) is 10.3. The van der Waals surface area contributed by atoms with Gasteiger partial charge in [-0.2, -0.15) is 0 Å². The third kappa shape index (κ3) is 5.09. The van der Waals surface area contributed by atoms with Crippen molar-refractivity contribution in [2.45, 2.75) is 37.4 Å². The number of benzene rings is 3. The average molecular weight is 536 g/mol. The summed E-state index contributed by atoms with van der Waals surface area (Å²) < 4.78 is 8.33. The molecular formula is C30H33BrNO3+. The summed E-state index contributed by atoms with van der Waals surface area (Å²) in [5.41, 5.74) is 0.606. The number of carbonyl (C=O) groups excluding carboxylic acids is 1. The van der Waals surface area contributed by atoms with Crippen molar-refractivity contribution in [3.63, 3.8) is 0 Å². The van der Waals surface area contributed by atoms with Gasteiger partial charge in [-0.1, -0.05) is 88.7 Å². The molecule has 3 saturated heterocycles. The summed E-state index contributed by atoms with van der Waals surface area (Å²) in [7, 11) is 0. The normalized spacial score (nSPS) is 23.7. The molecule has 182 valence electrons. The highest BCUT2D eigenvalue weighted by atomic mass is 79.9. The number of piperidine rings is 3. The zero-order valence-corrected chi connectivity index (χ0v) is 21.6. The van der Waals surface area contributed by atoms with E-state index in [1.807, 2.05) is 36.4 Å². The largest absolute Gasteiger partial charge is 0.453 e. The third-order valence-electron chi connectivity index (χ3n) is 7.97. The van der Waals surface area contributed by atoms with Gasteiger partial charge in [-0.25, -0.2) is 4.79 Å². The van der Waals surface area contributed by atoms with Crippen molar-refractivity contribution in [3.8, 4) is 0 Å². The first-order valence-corrected chi connectivity index (χ1v) is 13.4.